The van der Waals surface area contributed by atoms with E-state index in [0.29, 0.717) is 23.1 Å². The summed E-state index contributed by atoms with van der Waals surface area (Å²) in [6.45, 7) is 7.05. The van der Waals surface area contributed by atoms with E-state index in [4.69, 9.17) is 11.8 Å². The van der Waals surface area contributed by atoms with E-state index in [1.165, 1.54) is 60.6 Å². The van der Waals surface area contributed by atoms with Crippen LogP contribution in [0.4, 0.5) is 0 Å². The number of benzene rings is 6. The van der Waals surface area contributed by atoms with Gasteiger partial charge in [0.05, 0.1) is 16.9 Å². The fourth-order valence-corrected chi connectivity index (χ4v) is 13.4. The minimum Gasteiger partial charge on any atom is 0 e. The van der Waals surface area contributed by atoms with Crippen molar-refractivity contribution in [2.45, 2.75) is 102 Å². The predicted octanol–water partition coefficient (Wildman–Crippen LogP) is 16.3. The molecule has 3 aromatic heterocycles. The molecule has 10 rings (SSSR count). The Morgan fingerprint density at radius 1 is 0.785 bits per heavy atom. The molecule has 1 aliphatic rings. The van der Waals surface area contributed by atoms with Gasteiger partial charge >= 0.3 is 157 Å². The average molecular weight is 1110 g/mol. The average Bonchev–Trinajstić information content (AvgIpc) is 3.92. The third-order valence-corrected chi connectivity index (χ3v) is 18.1. The van der Waals surface area contributed by atoms with Crippen LogP contribution in [0, 0.1) is 24.9 Å². The Morgan fingerprint density at radius 3 is 2.18 bits per heavy atom. The zero-order valence-corrected chi connectivity index (χ0v) is 43.9. The van der Waals surface area contributed by atoms with Crippen LogP contribution in [0.25, 0.3) is 70.7 Å². The summed E-state index contributed by atoms with van der Waals surface area (Å²) in [5.41, 5.74) is 12.0. The molecular weight excluding hydrogens is 1050 g/mol. The van der Waals surface area contributed by atoms with Gasteiger partial charge in [-0.1, -0.05) is 99.3 Å². The van der Waals surface area contributed by atoms with E-state index in [-0.39, 0.29) is 31.6 Å². The second-order valence-corrected chi connectivity index (χ2v) is 30.6. The standard InChI is InChI=1S/C37H31N2S.C22H30GeN.Ir/c1-23(2)30-21-26(25-13-6-5-7-14-25)22-31(24(3)4)35(30)39-33-19-10-9-18-32(33)38-37(39)29-17-12-16-28-27-15-8-11-20-34(27)40-36(28)29;1-17-10-12-19(13-11-17)22-15-20(14-18-8-6-5-7-9-18)21(16-24-22)23(2,3)4;/h5-16,18-24H,1-4H3;10-12,15-16,18H,5-9,14H2,1-4H3;/q2*-1;/i;1D3,14D2;. The molecule has 1 radical (unpaired) electrons. The molecule has 0 saturated heterocycles. The summed E-state index contributed by atoms with van der Waals surface area (Å²) in [5, 5.41) is 2.55. The van der Waals surface area contributed by atoms with Crippen LogP contribution in [-0.4, -0.2) is 27.8 Å². The summed E-state index contributed by atoms with van der Waals surface area (Å²) in [6.07, 6.45) is 5.74. The fraction of sp³-hybridized carbons (Fsp3) is 0.288. The predicted molar refractivity (Wildman–Crippen MR) is 278 cm³/mol. The molecule has 65 heavy (non-hydrogen) atoms. The van der Waals surface area contributed by atoms with E-state index in [9.17, 15) is 0 Å². The zero-order chi connectivity index (χ0) is 48.8. The van der Waals surface area contributed by atoms with Gasteiger partial charge in [-0.3, -0.25) is 4.98 Å². The van der Waals surface area contributed by atoms with E-state index >= 15 is 0 Å². The van der Waals surface area contributed by atoms with Crippen molar-refractivity contribution in [1.82, 2.24) is 14.5 Å². The van der Waals surface area contributed by atoms with Gasteiger partial charge in [0.25, 0.3) is 0 Å². The Morgan fingerprint density at radius 2 is 1.49 bits per heavy atom. The summed E-state index contributed by atoms with van der Waals surface area (Å²) in [7, 11) is 0. The third-order valence-electron chi connectivity index (χ3n) is 12.6. The Labute approximate surface area is 414 Å². The van der Waals surface area contributed by atoms with Crippen molar-refractivity contribution in [2.24, 2.45) is 5.92 Å². The third kappa shape index (κ3) is 9.91. The Balaban J connectivity index is 0.000000196. The van der Waals surface area contributed by atoms with Crippen molar-refractivity contribution in [1.29, 1.82) is 0 Å². The molecule has 3 nitrogen and oxygen atoms in total. The van der Waals surface area contributed by atoms with Gasteiger partial charge in [-0.25, -0.2) is 0 Å². The first kappa shape index (κ1) is 40.6. The zero-order valence-electron chi connectivity index (χ0n) is 43.6. The first-order valence-corrected chi connectivity index (χ1v) is 31.1. The monoisotopic (exact) mass is 1120 g/mol. The Kier molecular flexibility index (Phi) is 12.5. The smallest absolute Gasteiger partial charge is 0 e. The first-order chi connectivity index (χ1) is 32.9. The molecule has 0 N–H and O–H groups in total. The number of para-hydroxylation sites is 2. The molecule has 0 atom stereocenters. The molecule has 6 heteroatoms. The van der Waals surface area contributed by atoms with Crippen molar-refractivity contribution >= 4 is 60.2 Å². The maximum Gasteiger partial charge on any atom is 0 e. The minimum absolute atomic E-state index is 0. The molecule has 0 bridgehead atoms. The summed E-state index contributed by atoms with van der Waals surface area (Å²) in [6, 6.07) is 50.4. The van der Waals surface area contributed by atoms with Gasteiger partial charge in [0, 0.05) is 30.5 Å². The normalized spacial score (nSPS) is 14.9. The minimum atomic E-state index is -2.35. The molecule has 0 spiro atoms. The van der Waals surface area contributed by atoms with Crippen molar-refractivity contribution in [3.05, 3.63) is 168 Å². The van der Waals surface area contributed by atoms with Crippen molar-refractivity contribution in [3.8, 4) is 39.5 Å². The van der Waals surface area contributed by atoms with Crippen LogP contribution in [0.2, 0.25) is 17.3 Å². The number of hydrogen-bond donors (Lipinski definition) is 0. The van der Waals surface area contributed by atoms with Crippen LogP contribution in [0.3, 0.4) is 0 Å². The van der Waals surface area contributed by atoms with Crippen LogP contribution >= 0.6 is 11.3 Å². The summed E-state index contributed by atoms with van der Waals surface area (Å²) in [4.78, 5) is 9.93. The van der Waals surface area contributed by atoms with Gasteiger partial charge in [-0.15, -0.1) is 18.2 Å². The molecule has 0 amide bonds. The van der Waals surface area contributed by atoms with Crippen LogP contribution in [-0.2, 0) is 26.5 Å². The van der Waals surface area contributed by atoms with Gasteiger partial charge in [-0.05, 0) is 74.5 Å². The van der Waals surface area contributed by atoms with Crippen molar-refractivity contribution in [2.75, 3.05) is 0 Å². The number of aryl methyl sites for hydroxylation is 1. The molecule has 0 unspecified atom stereocenters. The number of thiophene rings is 1. The second kappa shape index (κ2) is 20.1. The van der Waals surface area contributed by atoms with Crippen LogP contribution in [0.1, 0.15) is 101 Å². The Bertz CT molecular complexity index is 3240. The number of aromatic nitrogens is 3. The Hall–Kier alpha value is -4.65. The van der Waals surface area contributed by atoms with Crippen LogP contribution in [0.5, 0.6) is 0 Å². The first-order valence-electron chi connectivity index (χ1n) is 25.5. The van der Waals surface area contributed by atoms with Crippen LogP contribution < -0.4 is 4.40 Å². The SMILES string of the molecule is CC(C)c1cc(-c2ccccc2)cc(C(C)C)c1-n1c(-c2[c-]ccc3c2sc2ccccc23)nc2ccccc21.[2H]C([2H])([2H])c1c[c-]c(-c2cc(C([2H])([2H])C3CCCCC3)[c]([Ge]([CH3])([CH3])[CH3])cn2)cc1.[Ir]. The summed E-state index contributed by atoms with van der Waals surface area (Å²) < 4.78 is 46.7. The molecule has 1 saturated carbocycles. The number of rotatable bonds is 9. The molecular formula is C59H61GeIrN3S-2. The fourth-order valence-electron chi connectivity index (χ4n) is 9.26. The van der Waals surface area contributed by atoms with Gasteiger partial charge in [0.15, 0.2) is 0 Å². The summed E-state index contributed by atoms with van der Waals surface area (Å²) in [5.74, 6) is 8.46. The summed E-state index contributed by atoms with van der Waals surface area (Å²) >= 11 is -0.513. The molecule has 1 aliphatic carbocycles. The van der Waals surface area contributed by atoms with Crippen molar-refractivity contribution < 1.29 is 27.0 Å². The van der Waals surface area contributed by atoms with E-state index in [0.717, 1.165) is 58.1 Å². The van der Waals surface area contributed by atoms with Gasteiger partial charge in [-0.2, -0.15) is 11.3 Å². The molecule has 0 aliphatic heterocycles. The molecule has 333 valence electrons. The van der Waals surface area contributed by atoms with E-state index in [1.807, 2.05) is 23.6 Å². The number of pyridine rings is 1. The largest absolute Gasteiger partial charge is 0 e. The topological polar surface area (TPSA) is 30.7 Å². The van der Waals surface area contributed by atoms with Crippen LogP contribution in [0.15, 0.2) is 134 Å². The number of nitrogens with zero attached hydrogens (tertiary/aromatic N) is 3. The van der Waals surface area contributed by atoms with E-state index in [1.54, 1.807) is 12.1 Å². The van der Waals surface area contributed by atoms with Crippen molar-refractivity contribution in [3.63, 3.8) is 0 Å². The number of hydrogen-bond acceptors (Lipinski definition) is 3. The van der Waals surface area contributed by atoms with Gasteiger partial charge in [0.2, 0.25) is 0 Å². The maximum absolute atomic E-state index is 9.04. The second-order valence-electron chi connectivity index (χ2n) is 19.0. The van der Waals surface area contributed by atoms with E-state index in [2.05, 4.69) is 170 Å². The maximum atomic E-state index is 9.04. The number of fused-ring (bicyclic) bond motifs is 4. The molecule has 1 fully saturated rings. The van der Waals surface area contributed by atoms with Gasteiger partial charge in [0.1, 0.15) is 0 Å². The quantitative estimate of drug-likeness (QED) is 0.107. The van der Waals surface area contributed by atoms with Gasteiger partial charge < -0.3 is 4.57 Å². The van der Waals surface area contributed by atoms with E-state index < -0.39 is 26.5 Å². The number of imidazole rings is 1. The molecule has 3 heterocycles. The molecule has 6 aromatic carbocycles. The molecule has 9 aromatic rings.